The summed E-state index contributed by atoms with van der Waals surface area (Å²) >= 11 is 0. The molecule has 0 amide bonds. The SMILES string of the molecule is C.C#C.C=C/C=C(\C=C/CC=O)CCc1c[nH]c2nc(N)[nH]c(=O)c12.NCC(=O)O. The molecule has 7 N–H and O–H groups in total. The van der Waals surface area contributed by atoms with Crippen molar-refractivity contribution in [3.8, 4) is 12.8 Å². The molecule has 0 radical (unpaired) electrons. The summed E-state index contributed by atoms with van der Waals surface area (Å²) in [5, 5.41) is 8.13. The van der Waals surface area contributed by atoms with E-state index in [4.69, 9.17) is 10.8 Å². The normalized spacial score (nSPS) is 10.2. The van der Waals surface area contributed by atoms with Gasteiger partial charge in [0.05, 0.1) is 11.9 Å². The van der Waals surface area contributed by atoms with Gasteiger partial charge in [0.25, 0.3) is 5.56 Å². The third-order valence-electron chi connectivity index (χ3n) is 3.40. The summed E-state index contributed by atoms with van der Waals surface area (Å²) in [4.78, 5) is 41.1. The number of carboxylic acids is 1. The molecule has 0 bridgehead atoms. The van der Waals surface area contributed by atoms with Crippen LogP contribution in [0.15, 0.2) is 47.4 Å². The van der Waals surface area contributed by atoms with Crippen LogP contribution in [0.2, 0.25) is 0 Å². The average molecular weight is 415 g/mol. The minimum atomic E-state index is -0.968. The molecule has 9 nitrogen and oxygen atoms in total. The lowest BCUT2D eigenvalue weighted by Crippen LogP contribution is -2.11. The molecule has 0 spiro atoms. The first-order valence-electron chi connectivity index (χ1n) is 8.45. The van der Waals surface area contributed by atoms with E-state index in [2.05, 4.69) is 40.1 Å². The number of nitrogen functional groups attached to an aromatic ring is 1. The maximum absolute atomic E-state index is 12.0. The van der Waals surface area contributed by atoms with Crippen LogP contribution in [0.1, 0.15) is 25.8 Å². The molecule has 0 atom stereocenters. The quantitative estimate of drug-likeness (QED) is 0.249. The molecule has 0 unspecified atom stereocenters. The highest BCUT2D eigenvalue weighted by atomic mass is 16.4. The molecule has 2 aromatic rings. The van der Waals surface area contributed by atoms with E-state index >= 15 is 0 Å². The number of aromatic nitrogens is 3. The van der Waals surface area contributed by atoms with Gasteiger partial charge < -0.3 is 26.4 Å². The fourth-order valence-corrected chi connectivity index (χ4v) is 2.25. The number of nitrogens with zero attached hydrogens (tertiary/aromatic N) is 1. The minimum absolute atomic E-state index is 0. The lowest BCUT2D eigenvalue weighted by Gasteiger charge is -2.01. The fourth-order valence-electron chi connectivity index (χ4n) is 2.25. The van der Waals surface area contributed by atoms with Gasteiger partial charge in [-0.3, -0.25) is 14.6 Å². The Morgan fingerprint density at radius 2 is 2.00 bits per heavy atom. The van der Waals surface area contributed by atoms with Crippen LogP contribution in [0, 0.1) is 12.8 Å². The zero-order valence-electron chi connectivity index (χ0n) is 15.9. The number of nitrogens with two attached hydrogens (primary N) is 2. The summed E-state index contributed by atoms with van der Waals surface area (Å²) in [6.45, 7) is 3.40. The maximum atomic E-state index is 12.0. The predicted molar refractivity (Wildman–Crippen MR) is 121 cm³/mol. The van der Waals surface area contributed by atoms with E-state index in [1.165, 1.54) is 0 Å². The Kier molecular flexibility index (Phi) is 15.2. The van der Waals surface area contributed by atoms with E-state index in [-0.39, 0.29) is 25.5 Å². The first-order chi connectivity index (χ1) is 13.9. The first-order valence-corrected chi connectivity index (χ1v) is 8.45. The van der Waals surface area contributed by atoms with Gasteiger partial charge in [-0.15, -0.1) is 12.8 Å². The third kappa shape index (κ3) is 9.87. The summed E-state index contributed by atoms with van der Waals surface area (Å²) in [5.74, 6) is -0.875. The summed E-state index contributed by atoms with van der Waals surface area (Å²) < 4.78 is 0. The van der Waals surface area contributed by atoms with Gasteiger partial charge in [0.15, 0.2) is 0 Å². The number of nitrogens with one attached hydrogen (secondary N) is 2. The number of aldehydes is 1. The number of fused-ring (bicyclic) bond motifs is 1. The van der Waals surface area contributed by atoms with Crippen LogP contribution >= 0.6 is 0 Å². The summed E-state index contributed by atoms with van der Waals surface area (Å²) in [6.07, 6.45) is 19.7. The number of carboxylic acid groups (broad SMARTS) is 1. The van der Waals surface area contributed by atoms with Gasteiger partial charge in [-0.05, 0) is 24.0 Å². The lowest BCUT2D eigenvalue weighted by molar-refractivity contribution is -0.135. The molecular formula is C21H29N5O4. The van der Waals surface area contributed by atoms with Crippen LogP contribution in [0.4, 0.5) is 5.95 Å². The Balaban J connectivity index is 0. The van der Waals surface area contributed by atoms with E-state index in [1.807, 2.05) is 12.2 Å². The van der Waals surface area contributed by atoms with Gasteiger partial charge in [-0.2, -0.15) is 4.98 Å². The second kappa shape index (κ2) is 16.1. The zero-order chi connectivity index (χ0) is 22.2. The van der Waals surface area contributed by atoms with E-state index in [0.29, 0.717) is 23.9 Å². The number of allylic oxidation sites excluding steroid dienone is 5. The van der Waals surface area contributed by atoms with Crippen molar-refractivity contribution in [3.63, 3.8) is 0 Å². The van der Waals surface area contributed by atoms with E-state index in [1.54, 1.807) is 18.3 Å². The molecule has 0 aliphatic carbocycles. The Morgan fingerprint density at radius 3 is 2.53 bits per heavy atom. The largest absolute Gasteiger partial charge is 0.480 e. The summed E-state index contributed by atoms with van der Waals surface area (Å²) in [5.41, 5.74) is 12.2. The number of anilines is 1. The maximum Gasteiger partial charge on any atom is 0.317 e. The van der Waals surface area contributed by atoms with Crippen LogP contribution in [0.3, 0.4) is 0 Å². The van der Waals surface area contributed by atoms with E-state index in [9.17, 15) is 14.4 Å². The smallest absolute Gasteiger partial charge is 0.317 e. The van der Waals surface area contributed by atoms with E-state index in [0.717, 1.165) is 23.8 Å². The van der Waals surface area contributed by atoms with Gasteiger partial charge in [-0.25, -0.2) is 0 Å². The molecule has 162 valence electrons. The van der Waals surface area contributed by atoms with Crippen molar-refractivity contribution in [3.05, 3.63) is 58.6 Å². The van der Waals surface area contributed by atoms with Crippen molar-refractivity contribution in [2.24, 2.45) is 5.73 Å². The van der Waals surface area contributed by atoms with Gasteiger partial charge in [0, 0.05) is 12.6 Å². The number of carbonyl (C=O) groups is 2. The van der Waals surface area contributed by atoms with Crippen LogP contribution in [-0.2, 0) is 16.0 Å². The van der Waals surface area contributed by atoms with Gasteiger partial charge in [-0.1, -0.05) is 38.3 Å². The van der Waals surface area contributed by atoms with Crippen LogP contribution < -0.4 is 17.0 Å². The third-order valence-corrected chi connectivity index (χ3v) is 3.40. The monoisotopic (exact) mass is 415 g/mol. The number of hydrogen-bond donors (Lipinski definition) is 5. The number of aromatic amines is 2. The van der Waals surface area contributed by atoms with Gasteiger partial charge in [0.1, 0.15) is 11.9 Å². The highest BCUT2D eigenvalue weighted by Gasteiger charge is 2.10. The second-order valence-electron chi connectivity index (χ2n) is 5.37. The van der Waals surface area contributed by atoms with Crippen LogP contribution in [0.25, 0.3) is 11.0 Å². The molecule has 0 aliphatic rings. The number of rotatable bonds is 8. The van der Waals surface area contributed by atoms with Crippen molar-refractivity contribution < 1.29 is 14.7 Å². The molecule has 0 aliphatic heterocycles. The van der Waals surface area contributed by atoms with Crippen molar-refractivity contribution in [1.82, 2.24) is 15.0 Å². The molecule has 2 rings (SSSR count). The number of aliphatic carboxylic acids is 1. The Hall–Kier alpha value is -3.90. The number of H-pyrrole nitrogens is 2. The minimum Gasteiger partial charge on any atom is -0.480 e. The number of aryl methyl sites for hydroxylation is 1. The molecule has 2 heterocycles. The van der Waals surface area contributed by atoms with Gasteiger partial charge in [0.2, 0.25) is 5.95 Å². The number of hydrogen-bond acceptors (Lipinski definition) is 6. The lowest BCUT2D eigenvalue weighted by atomic mass is 10.0. The molecule has 30 heavy (non-hydrogen) atoms. The summed E-state index contributed by atoms with van der Waals surface area (Å²) in [7, 11) is 0. The predicted octanol–water partition coefficient (Wildman–Crippen LogP) is 1.94. The Labute approximate surface area is 175 Å². The highest BCUT2D eigenvalue weighted by Crippen LogP contribution is 2.17. The zero-order valence-corrected chi connectivity index (χ0v) is 15.9. The Morgan fingerprint density at radius 1 is 1.37 bits per heavy atom. The van der Waals surface area contributed by atoms with E-state index < -0.39 is 5.97 Å². The molecule has 9 heteroatoms. The molecule has 0 saturated heterocycles. The average Bonchev–Trinajstić information content (AvgIpc) is 3.11. The molecule has 0 saturated carbocycles. The number of carbonyl (C=O) groups excluding carboxylic acids is 1. The second-order valence-corrected chi connectivity index (χ2v) is 5.37. The van der Waals surface area contributed by atoms with Crippen molar-refractivity contribution in [2.75, 3.05) is 12.3 Å². The molecule has 2 aromatic heterocycles. The topological polar surface area (TPSA) is 168 Å². The van der Waals surface area contributed by atoms with Crippen molar-refractivity contribution >= 4 is 29.2 Å². The molecular weight excluding hydrogens is 386 g/mol. The molecule has 0 fully saturated rings. The standard InChI is InChI=1S/C16H18N4O2.C2H5NO2.C2H2.CH4/c1-2-5-11(6-3-4-9-21)7-8-12-10-18-14-13(12)15(22)20-16(17)19-14;3-1-2(4)5;1-2;/h2-3,5-6,9-10H,1,4,7-8H2,(H4,17,18,19,20,22);1,3H2,(H,4,5);1-2H;1H4/b6-3-,11-5+;;;. The van der Waals surface area contributed by atoms with Gasteiger partial charge >= 0.3 is 5.97 Å². The fraction of sp³-hybridized carbons (Fsp3) is 0.238. The van der Waals surface area contributed by atoms with Crippen molar-refractivity contribution in [2.45, 2.75) is 26.7 Å². The first kappa shape index (κ1) is 28.3. The van der Waals surface area contributed by atoms with Crippen LogP contribution in [0.5, 0.6) is 0 Å². The van der Waals surface area contributed by atoms with Crippen LogP contribution in [-0.4, -0.2) is 38.9 Å². The molecule has 0 aromatic carbocycles. The highest BCUT2D eigenvalue weighted by molar-refractivity contribution is 5.79. The summed E-state index contributed by atoms with van der Waals surface area (Å²) in [6, 6.07) is 0. The number of terminal acetylenes is 1. The Bertz CT molecular complexity index is 951. The van der Waals surface area contributed by atoms with Crippen molar-refractivity contribution in [1.29, 1.82) is 0 Å².